The number of aromatic nitrogens is 2. The molecule has 1 fully saturated rings. The SMILES string of the molecule is CC(C)(C)NCc1cnc(C2CC2(C)C)nc1. The van der Waals surface area contributed by atoms with Gasteiger partial charge in [0, 0.05) is 36.0 Å². The smallest absolute Gasteiger partial charge is 0.131 e. The van der Waals surface area contributed by atoms with Gasteiger partial charge < -0.3 is 5.32 Å². The molecule has 2 rings (SSSR count). The Kier molecular flexibility index (Phi) is 2.98. The summed E-state index contributed by atoms with van der Waals surface area (Å²) >= 11 is 0. The van der Waals surface area contributed by atoms with Crippen LogP contribution < -0.4 is 5.32 Å². The first-order valence-corrected chi connectivity index (χ1v) is 6.34. The standard InChI is InChI=1S/C14H23N3/c1-13(2,3)17-9-10-7-15-12(16-8-10)11-6-14(11,4)5/h7-8,11,17H,6,9H2,1-5H3. The fraction of sp³-hybridized carbons (Fsp3) is 0.714. The summed E-state index contributed by atoms with van der Waals surface area (Å²) in [5.41, 5.74) is 1.70. The highest BCUT2D eigenvalue weighted by molar-refractivity contribution is 5.17. The van der Waals surface area contributed by atoms with E-state index in [-0.39, 0.29) is 5.54 Å². The molecule has 1 N–H and O–H groups in total. The molecule has 1 atom stereocenters. The monoisotopic (exact) mass is 233 g/mol. The Morgan fingerprint density at radius 3 is 2.24 bits per heavy atom. The molecule has 94 valence electrons. The largest absolute Gasteiger partial charge is 0.308 e. The summed E-state index contributed by atoms with van der Waals surface area (Å²) in [6.45, 7) is 11.9. The molecule has 0 spiro atoms. The molecule has 1 aromatic rings. The van der Waals surface area contributed by atoms with Crippen LogP contribution in [0.3, 0.4) is 0 Å². The maximum absolute atomic E-state index is 4.49. The average Bonchev–Trinajstić information content (AvgIpc) is 2.85. The van der Waals surface area contributed by atoms with E-state index in [1.165, 1.54) is 6.42 Å². The molecule has 1 heterocycles. The van der Waals surface area contributed by atoms with Gasteiger partial charge in [-0.15, -0.1) is 0 Å². The van der Waals surface area contributed by atoms with E-state index in [0.717, 1.165) is 17.9 Å². The average molecular weight is 233 g/mol. The van der Waals surface area contributed by atoms with Crippen LogP contribution >= 0.6 is 0 Å². The van der Waals surface area contributed by atoms with Gasteiger partial charge in [0.25, 0.3) is 0 Å². The molecule has 1 aliphatic rings. The van der Waals surface area contributed by atoms with Crippen LogP contribution in [0.25, 0.3) is 0 Å². The maximum Gasteiger partial charge on any atom is 0.131 e. The van der Waals surface area contributed by atoms with Crippen LogP contribution in [0.15, 0.2) is 12.4 Å². The van der Waals surface area contributed by atoms with Crippen LogP contribution in [0.5, 0.6) is 0 Å². The molecule has 1 aromatic heterocycles. The van der Waals surface area contributed by atoms with Gasteiger partial charge in [0.15, 0.2) is 0 Å². The van der Waals surface area contributed by atoms with Gasteiger partial charge in [0.1, 0.15) is 5.82 Å². The number of hydrogen-bond donors (Lipinski definition) is 1. The zero-order chi connectivity index (χ0) is 12.7. The summed E-state index contributed by atoms with van der Waals surface area (Å²) in [5, 5.41) is 3.44. The van der Waals surface area contributed by atoms with Crippen LogP contribution in [0.1, 0.15) is 58.3 Å². The Bertz CT molecular complexity index is 387. The quantitative estimate of drug-likeness (QED) is 0.872. The molecule has 0 bridgehead atoms. The van der Waals surface area contributed by atoms with Crippen LogP contribution in [0.4, 0.5) is 0 Å². The minimum absolute atomic E-state index is 0.136. The third-order valence-corrected chi connectivity index (χ3v) is 3.37. The van der Waals surface area contributed by atoms with Crippen molar-refractivity contribution in [1.29, 1.82) is 0 Å². The third-order valence-electron chi connectivity index (χ3n) is 3.37. The van der Waals surface area contributed by atoms with Gasteiger partial charge in [0.05, 0.1) is 0 Å². The second-order valence-electron chi connectivity index (χ2n) is 6.80. The lowest BCUT2D eigenvalue weighted by Crippen LogP contribution is -2.35. The van der Waals surface area contributed by atoms with Crippen LogP contribution in [0.2, 0.25) is 0 Å². The predicted octanol–water partition coefficient (Wildman–Crippen LogP) is 2.88. The van der Waals surface area contributed by atoms with E-state index in [0.29, 0.717) is 11.3 Å². The van der Waals surface area contributed by atoms with E-state index in [2.05, 4.69) is 49.9 Å². The Balaban J connectivity index is 1.95. The Labute approximate surface area is 104 Å². The summed E-state index contributed by atoms with van der Waals surface area (Å²) in [4.78, 5) is 8.97. The van der Waals surface area contributed by atoms with Gasteiger partial charge in [0.2, 0.25) is 0 Å². The normalized spacial score (nSPS) is 22.5. The number of nitrogens with one attached hydrogen (secondary N) is 1. The van der Waals surface area contributed by atoms with Crippen molar-refractivity contribution in [2.45, 2.75) is 59.0 Å². The molecule has 0 saturated heterocycles. The zero-order valence-electron chi connectivity index (χ0n) is 11.5. The minimum Gasteiger partial charge on any atom is -0.308 e. The van der Waals surface area contributed by atoms with Crippen LogP contribution in [-0.4, -0.2) is 15.5 Å². The predicted molar refractivity (Wildman–Crippen MR) is 69.8 cm³/mol. The number of nitrogens with zero attached hydrogens (tertiary/aromatic N) is 2. The molecule has 1 aliphatic carbocycles. The van der Waals surface area contributed by atoms with Crippen LogP contribution in [-0.2, 0) is 6.54 Å². The Morgan fingerprint density at radius 2 is 1.82 bits per heavy atom. The summed E-state index contributed by atoms with van der Waals surface area (Å²) in [5.74, 6) is 1.57. The van der Waals surface area contributed by atoms with Crippen molar-refractivity contribution in [1.82, 2.24) is 15.3 Å². The van der Waals surface area contributed by atoms with E-state index in [4.69, 9.17) is 0 Å². The molecular formula is C14H23N3. The second-order valence-corrected chi connectivity index (χ2v) is 6.80. The van der Waals surface area contributed by atoms with E-state index in [1.807, 2.05) is 12.4 Å². The van der Waals surface area contributed by atoms with E-state index < -0.39 is 0 Å². The Hall–Kier alpha value is -0.960. The van der Waals surface area contributed by atoms with E-state index in [1.54, 1.807) is 0 Å². The topological polar surface area (TPSA) is 37.8 Å². The van der Waals surface area contributed by atoms with Crippen LogP contribution in [0, 0.1) is 5.41 Å². The molecule has 3 nitrogen and oxygen atoms in total. The first-order chi connectivity index (χ1) is 7.78. The second kappa shape index (κ2) is 4.05. The van der Waals surface area contributed by atoms with E-state index >= 15 is 0 Å². The van der Waals surface area contributed by atoms with Crippen molar-refractivity contribution < 1.29 is 0 Å². The number of hydrogen-bond acceptors (Lipinski definition) is 3. The Morgan fingerprint density at radius 1 is 1.29 bits per heavy atom. The summed E-state index contributed by atoms with van der Waals surface area (Å²) in [6.07, 6.45) is 5.12. The third kappa shape index (κ3) is 3.25. The van der Waals surface area contributed by atoms with Crippen molar-refractivity contribution in [2.75, 3.05) is 0 Å². The lowest BCUT2D eigenvalue weighted by molar-refractivity contribution is 0.423. The molecular weight excluding hydrogens is 210 g/mol. The molecule has 1 saturated carbocycles. The molecule has 0 radical (unpaired) electrons. The first kappa shape index (κ1) is 12.5. The lowest BCUT2D eigenvalue weighted by atomic mass is 10.1. The summed E-state index contributed by atoms with van der Waals surface area (Å²) in [6, 6.07) is 0. The highest BCUT2D eigenvalue weighted by Gasteiger charge is 2.48. The van der Waals surface area contributed by atoms with Crippen molar-refractivity contribution in [2.24, 2.45) is 5.41 Å². The van der Waals surface area contributed by atoms with Crippen molar-refractivity contribution in [3.63, 3.8) is 0 Å². The number of rotatable bonds is 3. The van der Waals surface area contributed by atoms with Gasteiger partial charge >= 0.3 is 0 Å². The van der Waals surface area contributed by atoms with Crippen molar-refractivity contribution >= 4 is 0 Å². The van der Waals surface area contributed by atoms with Gasteiger partial charge in [-0.05, 0) is 32.6 Å². The summed E-state index contributed by atoms with van der Waals surface area (Å²) in [7, 11) is 0. The van der Waals surface area contributed by atoms with E-state index in [9.17, 15) is 0 Å². The maximum atomic E-state index is 4.49. The minimum atomic E-state index is 0.136. The molecule has 0 aromatic carbocycles. The summed E-state index contributed by atoms with van der Waals surface area (Å²) < 4.78 is 0. The van der Waals surface area contributed by atoms with Gasteiger partial charge in [-0.25, -0.2) is 9.97 Å². The first-order valence-electron chi connectivity index (χ1n) is 6.34. The fourth-order valence-electron chi connectivity index (χ4n) is 1.91. The highest BCUT2D eigenvalue weighted by atomic mass is 15.0. The lowest BCUT2D eigenvalue weighted by Gasteiger charge is -2.20. The molecule has 3 heteroatoms. The van der Waals surface area contributed by atoms with Gasteiger partial charge in [-0.2, -0.15) is 0 Å². The zero-order valence-corrected chi connectivity index (χ0v) is 11.5. The molecule has 17 heavy (non-hydrogen) atoms. The molecule has 0 aliphatic heterocycles. The van der Waals surface area contributed by atoms with Crippen molar-refractivity contribution in [3.05, 3.63) is 23.8 Å². The fourth-order valence-corrected chi connectivity index (χ4v) is 1.91. The van der Waals surface area contributed by atoms with Crippen molar-refractivity contribution in [3.8, 4) is 0 Å². The van der Waals surface area contributed by atoms with Gasteiger partial charge in [-0.1, -0.05) is 13.8 Å². The molecule has 0 amide bonds. The van der Waals surface area contributed by atoms with Gasteiger partial charge in [-0.3, -0.25) is 0 Å². The highest BCUT2D eigenvalue weighted by Crippen LogP contribution is 2.57. The molecule has 1 unspecified atom stereocenters.